The van der Waals surface area contributed by atoms with Gasteiger partial charge in [0.2, 0.25) is 17.7 Å². The first-order chi connectivity index (χ1) is 32.0. The number of rotatable bonds is 16. The second-order valence-corrected chi connectivity index (χ2v) is 18.5. The molecule has 1 saturated heterocycles. The van der Waals surface area contributed by atoms with E-state index in [1.54, 1.807) is 48.2 Å². The highest BCUT2D eigenvalue weighted by Gasteiger charge is 2.38. The quantitative estimate of drug-likeness (QED) is 0.0546. The standard InChI is InChI=1S/C53H62ClN5O8/c1-5-34(53(67)59-24-8-10-44(59)32(3)56)29-48(63)43-27-33-11-21-45(60)41(26-33)42-28-38(18-22-46(42)61)50(49(64)25-31(2)51(65)57-43)58(4)52(66)39(9-6-7-23-55)30-47(62)37-14-12-35(13-15-37)36-16-19-40(54)20-17-36/h11-22,26,28,31,34,39,43-44,50,60-61H,3,5-10,23-25,27,29-30,55-56H2,1-2,4H3,(H,57,65)/t31-,34-,39-,43+,44+,50+/m1/s1. The monoisotopic (exact) mass is 931 g/mol. The van der Waals surface area contributed by atoms with Gasteiger partial charge in [0.1, 0.15) is 17.5 Å². The molecule has 0 spiro atoms. The average molecular weight is 933 g/mol. The summed E-state index contributed by atoms with van der Waals surface area (Å²) >= 11 is 6.07. The molecule has 1 fully saturated rings. The zero-order chi connectivity index (χ0) is 48.5. The van der Waals surface area contributed by atoms with Crippen molar-refractivity contribution >= 4 is 46.7 Å². The normalized spacial score (nSPS) is 19.4. The number of nitrogens with two attached hydrogens (primary N) is 2. The van der Waals surface area contributed by atoms with E-state index in [-0.39, 0.29) is 66.0 Å². The first kappa shape index (κ1) is 50.1. The van der Waals surface area contributed by atoms with Crippen molar-refractivity contribution in [1.82, 2.24) is 15.1 Å². The van der Waals surface area contributed by atoms with E-state index in [1.807, 2.05) is 31.2 Å². The van der Waals surface area contributed by atoms with Gasteiger partial charge in [-0.25, -0.2) is 0 Å². The fourth-order valence-corrected chi connectivity index (χ4v) is 9.46. The molecule has 0 aromatic heterocycles. The second-order valence-electron chi connectivity index (χ2n) is 18.0. The zero-order valence-corrected chi connectivity index (χ0v) is 39.3. The van der Waals surface area contributed by atoms with Gasteiger partial charge >= 0.3 is 0 Å². The predicted molar refractivity (Wildman–Crippen MR) is 259 cm³/mol. The summed E-state index contributed by atoms with van der Waals surface area (Å²) in [7, 11) is 1.48. The fourth-order valence-electron chi connectivity index (χ4n) is 9.33. The smallest absolute Gasteiger partial charge is 0.226 e. The molecule has 354 valence electrons. The molecule has 4 aromatic carbocycles. The number of phenolic OH excluding ortho intramolecular Hbond substituents is 2. The van der Waals surface area contributed by atoms with Crippen molar-refractivity contribution in [1.29, 1.82) is 0 Å². The lowest BCUT2D eigenvalue weighted by Gasteiger charge is -2.32. The number of phenols is 2. The Hall–Kier alpha value is -6.31. The number of amides is 3. The average Bonchev–Trinajstić information content (AvgIpc) is 3.82. The van der Waals surface area contributed by atoms with E-state index >= 15 is 0 Å². The van der Waals surface area contributed by atoms with Crippen LogP contribution in [0.25, 0.3) is 22.3 Å². The summed E-state index contributed by atoms with van der Waals surface area (Å²) in [5.74, 6) is -5.31. The third kappa shape index (κ3) is 12.0. The molecule has 2 aliphatic rings. The Morgan fingerprint density at radius 2 is 1.52 bits per heavy atom. The molecule has 2 heterocycles. The molecule has 6 rings (SSSR count). The van der Waals surface area contributed by atoms with Gasteiger partial charge in [0, 0.05) is 78.0 Å². The van der Waals surface area contributed by atoms with Gasteiger partial charge in [-0.15, -0.1) is 0 Å². The summed E-state index contributed by atoms with van der Waals surface area (Å²) in [4.78, 5) is 88.5. The lowest BCUT2D eigenvalue weighted by molar-refractivity contribution is -0.142. The van der Waals surface area contributed by atoms with Crippen molar-refractivity contribution in [2.45, 2.75) is 96.2 Å². The number of Topliss-reactive ketones (excluding diaryl/α,β-unsaturated/α-hetero) is 3. The number of halogens is 1. The third-order valence-corrected chi connectivity index (χ3v) is 13.5. The highest BCUT2D eigenvalue weighted by atomic mass is 35.5. The van der Waals surface area contributed by atoms with Gasteiger partial charge in [-0.2, -0.15) is 0 Å². The van der Waals surface area contributed by atoms with E-state index < -0.39 is 53.2 Å². The molecule has 0 unspecified atom stereocenters. The molecule has 4 aromatic rings. The Morgan fingerprint density at radius 3 is 2.16 bits per heavy atom. The van der Waals surface area contributed by atoms with Crippen molar-refractivity contribution < 1.29 is 39.0 Å². The highest BCUT2D eigenvalue weighted by molar-refractivity contribution is 6.30. The summed E-state index contributed by atoms with van der Waals surface area (Å²) in [6, 6.07) is 20.8. The molecule has 13 nitrogen and oxygen atoms in total. The summed E-state index contributed by atoms with van der Waals surface area (Å²) in [5, 5.41) is 26.0. The van der Waals surface area contributed by atoms with Crippen LogP contribution in [0.1, 0.15) is 99.2 Å². The minimum Gasteiger partial charge on any atom is -0.507 e. The molecule has 3 amide bonds. The van der Waals surface area contributed by atoms with E-state index in [0.717, 1.165) is 17.5 Å². The van der Waals surface area contributed by atoms with Crippen molar-refractivity contribution in [3.05, 3.63) is 119 Å². The van der Waals surface area contributed by atoms with Gasteiger partial charge in [0.05, 0.1) is 12.1 Å². The number of hydrogen-bond acceptors (Lipinski definition) is 10. The molecule has 0 aliphatic carbocycles. The summed E-state index contributed by atoms with van der Waals surface area (Å²) in [5.41, 5.74) is 15.7. The summed E-state index contributed by atoms with van der Waals surface area (Å²) in [6.45, 7) is 8.13. The van der Waals surface area contributed by atoms with Crippen LogP contribution in [0.15, 0.2) is 97.2 Å². The van der Waals surface area contributed by atoms with Crippen LogP contribution in [0.3, 0.4) is 0 Å². The molecule has 14 heteroatoms. The summed E-state index contributed by atoms with van der Waals surface area (Å²) in [6.07, 6.45) is 2.63. The topological polar surface area (TPSA) is 213 Å². The maximum Gasteiger partial charge on any atom is 0.226 e. The van der Waals surface area contributed by atoms with Crippen LogP contribution in [-0.4, -0.2) is 87.3 Å². The first-order valence-electron chi connectivity index (χ1n) is 23.1. The first-order valence-corrected chi connectivity index (χ1v) is 23.5. The number of benzene rings is 4. The van der Waals surface area contributed by atoms with Gasteiger partial charge < -0.3 is 36.8 Å². The van der Waals surface area contributed by atoms with Crippen LogP contribution >= 0.6 is 11.6 Å². The molecule has 2 aliphatic heterocycles. The van der Waals surface area contributed by atoms with E-state index in [0.29, 0.717) is 72.6 Å². The second kappa shape index (κ2) is 22.5. The molecule has 0 saturated carbocycles. The van der Waals surface area contributed by atoms with E-state index in [4.69, 9.17) is 23.1 Å². The molecular formula is C53H62ClN5O8. The molecule has 4 bridgehead atoms. The Balaban J connectivity index is 1.30. The van der Waals surface area contributed by atoms with Crippen LogP contribution < -0.4 is 16.8 Å². The molecule has 67 heavy (non-hydrogen) atoms. The Morgan fingerprint density at radius 1 is 0.881 bits per heavy atom. The molecule has 0 radical (unpaired) electrons. The maximum absolute atomic E-state index is 14.7. The van der Waals surface area contributed by atoms with Crippen molar-refractivity contribution in [3.8, 4) is 33.8 Å². The van der Waals surface area contributed by atoms with E-state index in [1.165, 1.54) is 36.2 Å². The maximum atomic E-state index is 14.7. The minimum absolute atomic E-state index is 0.00777. The molecule has 7 N–H and O–H groups in total. The zero-order valence-electron chi connectivity index (χ0n) is 38.5. The highest BCUT2D eigenvalue weighted by Crippen LogP contribution is 2.40. The van der Waals surface area contributed by atoms with Crippen LogP contribution in [-0.2, 0) is 30.4 Å². The SMILES string of the molecule is C=C(N)[C@@H]1CCCN1C(=O)[C@H](CC)CC(=O)[C@@H]1Cc2ccc(O)c(c2)-c2cc(ccc2O)[C@H](N(C)C(=O)[C@H](CCCCN)CC(=O)c2ccc(-c3ccc(Cl)cc3)cc2)C(=O)C[C@@H](C)C(=O)N1. The fraction of sp³-hybridized carbons (Fsp3) is 0.396. The Bertz CT molecular complexity index is 2490. The van der Waals surface area contributed by atoms with Crippen molar-refractivity contribution in [2.75, 3.05) is 20.1 Å². The van der Waals surface area contributed by atoms with Crippen LogP contribution in [0.2, 0.25) is 5.02 Å². The number of hydrogen-bond donors (Lipinski definition) is 5. The Labute approximate surface area is 397 Å². The van der Waals surface area contributed by atoms with E-state index in [2.05, 4.69) is 11.9 Å². The van der Waals surface area contributed by atoms with E-state index in [9.17, 15) is 39.0 Å². The van der Waals surface area contributed by atoms with Crippen molar-refractivity contribution in [3.63, 3.8) is 0 Å². The largest absolute Gasteiger partial charge is 0.507 e. The number of carbonyl (C=O) groups excluding carboxylic acids is 6. The Kier molecular flexibility index (Phi) is 16.8. The number of nitrogens with one attached hydrogen (secondary N) is 1. The number of likely N-dealkylation sites (tertiary alicyclic amines) is 1. The number of likely N-dealkylation sites (N-methyl/N-ethyl adjacent to an activating group) is 1. The molecular weight excluding hydrogens is 870 g/mol. The number of nitrogens with zero attached hydrogens (tertiary/aromatic N) is 2. The minimum atomic E-state index is -1.28. The van der Waals surface area contributed by atoms with Crippen LogP contribution in [0.4, 0.5) is 0 Å². The summed E-state index contributed by atoms with van der Waals surface area (Å²) < 4.78 is 0. The molecule has 6 atom stereocenters. The number of unbranched alkanes of at least 4 members (excludes halogenated alkanes) is 1. The number of aromatic hydroxyl groups is 2. The number of ketones is 3. The van der Waals surface area contributed by atoms with Crippen molar-refractivity contribution in [2.24, 2.45) is 29.2 Å². The van der Waals surface area contributed by atoms with Gasteiger partial charge in [0.25, 0.3) is 0 Å². The van der Waals surface area contributed by atoms with Gasteiger partial charge in [-0.05, 0) is 104 Å². The third-order valence-electron chi connectivity index (χ3n) is 13.3. The number of fused-ring (bicyclic) bond motifs is 5. The van der Waals surface area contributed by atoms with Crippen LogP contribution in [0.5, 0.6) is 11.5 Å². The van der Waals surface area contributed by atoms with Gasteiger partial charge in [-0.1, -0.05) is 87.0 Å². The number of carbonyl (C=O) groups is 6. The lowest BCUT2D eigenvalue weighted by Crippen LogP contribution is -2.47. The van der Waals surface area contributed by atoms with Gasteiger partial charge in [-0.3, -0.25) is 28.8 Å². The predicted octanol–water partition coefficient (Wildman–Crippen LogP) is 7.69. The van der Waals surface area contributed by atoms with Crippen LogP contribution in [0, 0.1) is 17.8 Å². The lowest BCUT2D eigenvalue weighted by atomic mass is 9.87. The van der Waals surface area contributed by atoms with Gasteiger partial charge in [0.15, 0.2) is 17.3 Å².